The van der Waals surface area contributed by atoms with Crippen LogP contribution in [-0.2, 0) is 23.8 Å². The van der Waals surface area contributed by atoms with Gasteiger partial charge in [-0.1, -0.05) is 30.3 Å². The van der Waals surface area contributed by atoms with E-state index in [0.717, 1.165) is 6.42 Å². The van der Waals surface area contributed by atoms with E-state index in [0.29, 0.717) is 18.8 Å². The molecule has 2 rings (SSSR count). The first-order valence-corrected chi connectivity index (χ1v) is 7.95. The van der Waals surface area contributed by atoms with Crippen molar-refractivity contribution in [3.8, 4) is 0 Å². The van der Waals surface area contributed by atoms with Crippen molar-refractivity contribution in [1.82, 2.24) is 0 Å². The van der Waals surface area contributed by atoms with Gasteiger partial charge in [-0.2, -0.15) is 4.58 Å². The first-order chi connectivity index (χ1) is 11.7. The summed E-state index contributed by atoms with van der Waals surface area (Å²) in [4.78, 5) is 24.4. The monoisotopic (exact) mass is 332 g/mol. The van der Waals surface area contributed by atoms with Gasteiger partial charge in [0.1, 0.15) is 12.8 Å². The van der Waals surface area contributed by atoms with Gasteiger partial charge < -0.3 is 14.2 Å². The lowest BCUT2D eigenvalue weighted by molar-refractivity contribution is -0.440. The van der Waals surface area contributed by atoms with E-state index in [1.807, 2.05) is 25.3 Å². The number of hydrogen-bond donors (Lipinski definition) is 0. The van der Waals surface area contributed by atoms with Gasteiger partial charge in [-0.25, -0.2) is 9.59 Å². The summed E-state index contributed by atoms with van der Waals surface area (Å²) in [6.45, 7) is 2.90. The van der Waals surface area contributed by atoms with E-state index in [4.69, 9.17) is 14.2 Å². The third kappa shape index (κ3) is 5.62. The standard InChI is InChI=1S/C18H22NO5/c1-2-22-12-13-23-18(21)17(15-8-4-3-5-9-15)24-16(20)14-19-10-6-7-11-19/h3-6,8-11,17H,2,7,12-14H2,1H3/q+1. The van der Waals surface area contributed by atoms with E-state index >= 15 is 0 Å². The number of allylic oxidation sites excluding steroid dienone is 1. The molecule has 0 saturated heterocycles. The average molecular weight is 332 g/mol. The summed E-state index contributed by atoms with van der Waals surface area (Å²) in [6, 6.07) is 8.83. The van der Waals surface area contributed by atoms with Gasteiger partial charge in [0.15, 0.2) is 6.20 Å². The topological polar surface area (TPSA) is 64.8 Å². The van der Waals surface area contributed by atoms with E-state index in [1.165, 1.54) is 0 Å². The van der Waals surface area contributed by atoms with Gasteiger partial charge in [0.2, 0.25) is 12.6 Å². The molecule has 6 nitrogen and oxygen atoms in total. The fourth-order valence-corrected chi connectivity index (χ4v) is 2.19. The van der Waals surface area contributed by atoms with E-state index < -0.39 is 18.0 Å². The van der Waals surface area contributed by atoms with Crippen LogP contribution in [0.4, 0.5) is 0 Å². The summed E-state index contributed by atoms with van der Waals surface area (Å²) in [5, 5.41) is 0. The Kier molecular flexibility index (Phi) is 7.17. The smallest absolute Gasteiger partial charge is 0.373 e. The van der Waals surface area contributed by atoms with Crippen LogP contribution < -0.4 is 0 Å². The van der Waals surface area contributed by atoms with Gasteiger partial charge in [0.25, 0.3) is 0 Å². The largest absolute Gasteiger partial charge is 0.460 e. The van der Waals surface area contributed by atoms with E-state index in [1.54, 1.807) is 35.0 Å². The molecule has 0 spiro atoms. The number of esters is 2. The van der Waals surface area contributed by atoms with Crippen molar-refractivity contribution < 1.29 is 28.4 Å². The van der Waals surface area contributed by atoms with E-state index in [2.05, 4.69) is 0 Å². The van der Waals surface area contributed by atoms with Crippen LogP contribution in [0, 0.1) is 0 Å². The van der Waals surface area contributed by atoms with Crippen molar-refractivity contribution in [2.24, 2.45) is 0 Å². The zero-order valence-electron chi connectivity index (χ0n) is 13.7. The lowest BCUT2D eigenvalue weighted by Gasteiger charge is -2.16. The van der Waals surface area contributed by atoms with Crippen LogP contribution in [0.5, 0.6) is 0 Å². The summed E-state index contributed by atoms with van der Waals surface area (Å²) >= 11 is 0. The van der Waals surface area contributed by atoms with Crippen molar-refractivity contribution in [3.05, 3.63) is 48.2 Å². The number of ether oxygens (including phenoxy) is 3. The van der Waals surface area contributed by atoms with Crippen LogP contribution in [0.3, 0.4) is 0 Å². The van der Waals surface area contributed by atoms with Gasteiger partial charge in [0.05, 0.1) is 6.61 Å². The minimum absolute atomic E-state index is 0.0616. The van der Waals surface area contributed by atoms with E-state index in [9.17, 15) is 9.59 Å². The molecule has 0 N–H and O–H groups in total. The molecule has 1 aromatic carbocycles. The highest BCUT2D eigenvalue weighted by atomic mass is 16.6. The zero-order valence-corrected chi connectivity index (χ0v) is 13.7. The number of rotatable bonds is 9. The maximum Gasteiger partial charge on any atom is 0.373 e. The third-order valence-electron chi connectivity index (χ3n) is 3.33. The maximum atomic E-state index is 12.3. The van der Waals surface area contributed by atoms with Crippen molar-refractivity contribution in [2.75, 3.05) is 26.4 Å². The molecular formula is C18H22NO5+. The minimum Gasteiger partial charge on any atom is -0.460 e. The molecule has 1 aliphatic heterocycles. The first kappa shape index (κ1) is 17.9. The maximum absolute atomic E-state index is 12.3. The Morgan fingerprint density at radius 3 is 2.67 bits per heavy atom. The molecule has 1 aliphatic rings. The zero-order chi connectivity index (χ0) is 17.2. The Morgan fingerprint density at radius 2 is 2.00 bits per heavy atom. The normalized spacial score (nSPS) is 14.1. The predicted molar refractivity (Wildman–Crippen MR) is 87.7 cm³/mol. The highest BCUT2D eigenvalue weighted by Gasteiger charge is 2.28. The van der Waals surface area contributed by atoms with E-state index in [-0.39, 0.29) is 13.2 Å². The predicted octanol–water partition coefficient (Wildman–Crippen LogP) is 1.85. The van der Waals surface area contributed by atoms with Crippen LogP contribution >= 0.6 is 0 Å². The van der Waals surface area contributed by atoms with Gasteiger partial charge in [-0.3, -0.25) is 0 Å². The van der Waals surface area contributed by atoms with Crippen molar-refractivity contribution >= 4 is 18.2 Å². The molecule has 1 aromatic rings. The summed E-state index contributed by atoms with van der Waals surface area (Å²) in [5.74, 6) is -1.09. The molecule has 24 heavy (non-hydrogen) atoms. The SMILES string of the molecule is CCOCCOC(=O)C(OC(=O)C[N+]1=CCC=C1)c1ccccc1. The Labute approximate surface area is 141 Å². The molecule has 0 aromatic heterocycles. The second kappa shape index (κ2) is 9.62. The molecular weight excluding hydrogens is 310 g/mol. The van der Waals surface area contributed by atoms with Gasteiger partial charge in [0, 0.05) is 18.6 Å². The van der Waals surface area contributed by atoms with Crippen LogP contribution in [0.25, 0.3) is 0 Å². The Morgan fingerprint density at radius 1 is 1.21 bits per heavy atom. The van der Waals surface area contributed by atoms with Gasteiger partial charge >= 0.3 is 11.9 Å². The molecule has 1 unspecified atom stereocenters. The van der Waals surface area contributed by atoms with Crippen LogP contribution in [-0.4, -0.2) is 49.1 Å². The molecule has 1 atom stereocenters. The first-order valence-electron chi connectivity index (χ1n) is 7.95. The Hall–Kier alpha value is -2.47. The summed E-state index contributed by atoms with van der Waals surface area (Å²) in [7, 11) is 0. The van der Waals surface area contributed by atoms with Crippen molar-refractivity contribution in [1.29, 1.82) is 0 Å². The fraction of sp³-hybridized carbons (Fsp3) is 0.389. The summed E-state index contributed by atoms with van der Waals surface area (Å²) < 4.78 is 17.4. The number of nitrogens with zero attached hydrogens (tertiary/aromatic N) is 1. The Bertz CT molecular complexity index is 609. The lowest BCUT2D eigenvalue weighted by atomic mass is 10.1. The highest BCUT2D eigenvalue weighted by Crippen LogP contribution is 2.19. The summed E-state index contributed by atoms with van der Waals surface area (Å²) in [6.07, 6.45) is 5.32. The molecule has 6 heteroatoms. The number of benzene rings is 1. The average Bonchev–Trinajstić information content (AvgIpc) is 3.10. The molecule has 0 fully saturated rings. The number of hydrogen-bond acceptors (Lipinski definition) is 5. The van der Waals surface area contributed by atoms with Crippen molar-refractivity contribution in [2.45, 2.75) is 19.4 Å². The molecule has 0 amide bonds. The number of carbonyl (C=O) groups excluding carboxylic acids is 2. The van der Waals surface area contributed by atoms with Crippen LogP contribution in [0.15, 0.2) is 42.6 Å². The summed E-state index contributed by atoms with van der Waals surface area (Å²) in [5.41, 5.74) is 0.577. The molecule has 0 aliphatic carbocycles. The molecule has 1 heterocycles. The van der Waals surface area contributed by atoms with Gasteiger partial charge in [-0.05, 0) is 13.0 Å². The second-order valence-electron chi connectivity index (χ2n) is 5.12. The van der Waals surface area contributed by atoms with Crippen molar-refractivity contribution in [3.63, 3.8) is 0 Å². The number of carbonyl (C=O) groups is 2. The fourth-order valence-electron chi connectivity index (χ4n) is 2.19. The van der Waals surface area contributed by atoms with Crippen LogP contribution in [0.2, 0.25) is 0 Å². The molecule has 0 bridgehead atoms. The molecule has 0 saturated carbocycles. The Balaban J connectivity index is 1.98. The second-order valence-corrected chi connectivity index (χ2v) is 5.12. The van der Waals surface area contributed by atoms with Gasteiger partial charge in [-0.15, -0.1) is 0 Å². The quantitative estimate of drug-likeness (QED) is 0.392. The lowest BCUT2D eigenvalue weighted by Crippen LogP contribution is -2.27. The minimum atomic E-state index is -1.08. The van der Waals surface area contributed by atoms with Crippen LogP contribution in [0.1, 0.15) is 25.0 Å². The highest BCUT2D eigenvalue weighted by molar-refractivity contribution is 5.81. The molecule has 0 radical (unpaired) electrons. The third-order valence-corrected chi connectivity index (χ3v) is 3.33. The molecule has 128 valence electrons.